The molecular formula is C20H25N3O5S. The van der Waals surface area contributed by atoms with Gasteiger partial charge in [0.25, 0.3) is 5.91 Å². The van der Waals surface area contributed by atoms with E-state index in [0.717, 1.165) is 28.9 Å². The summed E-state index contributed by atoms with van der Waals surface area (Å²) in [6, 6.07) is 6.61. The van der Waals surface area contributed by atoms with Gasteiger partial charge >= 0.3 is 6.03 Å². The van der Waals surface area contributed by atoms with Crippen LogP contribution in [-0.2, 0) is 31.4 Å². The fourth-order valence-electron chi connectivity index (χ4n) is 4.84. The fourth-order valence-corrected chi connectivity index (χ4v) is 6.57. The largest absolute Gasteiger partial charge is 0.337 e. The van der Waals surface area contributed by atoms with E-state index in [2.05, 4.69) is 5.32 Å². The Morgan fingerprint density at radius 1 is 1.31 bits per heavy atom. The third-order valence-electron chi connectivity index (χ3n) is 6.25. The lowest BCUT2D eigenvalue weighted by atomic mass is 9.76. The van der Waals surface area contributed by atoms with Crippen molar-refractivity contribution >= 4 is 27.7 Å². The summed E-state index contributed by atoms with van der Waals surface area (Å²) < 4.78 is 23.6. The van der Waals surface area contributed by atoms with Crippen LogP contribution in [0.2, 0.25) is 0 Å². The second-order valence-corrected chi connectivity index (χ2v) is 10.2. The van der Waals surface area contributed by atoms with Gasteiger partial charge in [0.15, 0.2) is 9.84 Å². The van der Waals surface area contributed by atoms with Crippen molar-refractivity contribution in [2.75, 3.05) is 24.6 Å². The van der Waals surface area contributed by atoms with E-state index in [0.29, 0.717) is 19.4 Å². The Kier molecular flexibility index (Phi) is 4.88. The van der Waals surface area contributed by atoms with Crippen LogP contribution in [0.1, 0.15) is 37.3 Å². The van der Waals surface area contributed by atoms with Gasteiger partial charge in [-0.05, 0) is 43.7 Å². The van der Waals surface area contributed by atoms with Crippen LogP contribution in [0.15, 0.2) is 24.3 Å². The Bertz CT molecular complexity index is 976. The average Bonchev–Trinajstić information content (AvgIpc) is 3.15. The number of nitrogens with one attached hydrogen (secondary N) is 1. The fraction of sp³-hybridized carbons (Fsp3) is 0.550. The van der Waals surface area contributed by atoms with Gasteiger partial charge in [0.2, 0.25) is 5.91 Å². The van der Waals surface area contributed by atoms with Crippen LogP contribution in [0.5, 0.6) is 0 Å². The summed E-state index contributed by atoms with van der Waals surface area (Å²) in [6.07, 6.45) is 2.50. The number of aryl methyl sites for hydroxylation is 1. The lowest BCUT2D eigenvalue weighted by molar-refractivity contribution is -0.140. The van der Waals surface area contributed by atoms with E-state index >= 15 is 0 Å². The van der Waals surface area contributed by atoms with E-state index < -0.39 is 39.3 Å². The van der Waals surface area contributed by atoms with Crippen LogP contribution in [0.4, 0.5) is 4.79 Å². The number of rotatable bonds is 4. The molecule has 4 amide bonds. The molecule has 1 aliphatic carbocycles. The number of amides is 4. The highest BCUT2D eigenvalue weighted by molar-refractivity contribution is 7.91. The molecule has 1 aromatic carbocycles. The van der Waals surface area contributed by atoms with Crippen LogP contribution in [-0.4, -0.2) is 66.7 Å². The average molecular weight is 420 g/mol. The van der Waals surface area contributed by atoms with Crippen molar-refractivity contribution in [3.8, 4) is 0 Å². The van der Waals surface area contributed by atoms with Gasteiger partial charge in [-0.25, -0.2) is 13.2 Å². The molecule has 0 bridgehead atoms. The molecular weight excluding hydrogens is 394 g/mol. The van der Waals surface area contributed by atoms with E-state index in [4.69, 9.17) is 0 Å². The van der Waals surface area contributed by atoms with Gasteiger partial charge in [0.1, 0.15) is 12.1 Å². The van der Waals surface area contributed by atoms with Gasteiger partial charge in [-0.2, -0.15) is 0 Å². The summed E-state index contributed by atoms with van der Waals surface area (Å²) in [5, 5.41) is 2.84. The molecule has 2 saturated heterocycles. The van der Waals surface area contributed by atoms with Crippen molar-refractivity contribution in [3.05, 3.63) is 35.4 Å². The number of urea groups is 1. The standard InChI is InChI=1S/C20H25N3O5S/c1-2-22(15-9-11-29(27,28)13-15)17(24)12-23-18(25)20(21-19(23)26)10-5-7-14-6-3-4-8-16(14)20/h3-4,6,8,15H,2,5,7,9-13H2,1H3,(H,21,26)/t15-,20+/m0/s1. The molecule has 2 aliphatic heterocycles. The van der Waals surface area contributed by atoms with E-state index in [1.54, 1.807) is 6.92 Å². The van der Waals surface area contributed by atoms with Crippen molar-refractivity contribution in [2.45, 2.75) is 44.2 Å². The Morgan fingerprint density at radius 2 is 2.07 bits per heavy atom. The summed E-state index contributed by atoms with van der Waals surface area (Å²) >= 11 is 0. The first-order valence-corrected chi connectivity index (χ1v) is 11.8. The molecule has 0 aromatic heterocycles. The molecule has 1 spiro atoms. The van der Waals surface area contributed by atoms with Crippen LogP contribution in [0.3, 0.4) is 0 Å². The number of likely N-dealkylation sites (N-methyl/N-ethyl adjacent to an activating group) is 1. The minimum Gasteiger partial charge on any atom is -0.337 e. The molecule has 0 radical (unpaired) electrons. The molecule has 2 heterocycles. The summed E-state index contributed by atoms with van der Waals surface area (Å²) in [6.45, 7) is 1.73. The van der Waals surface area contributed by atoms with Crippen LogP contribution in [0, 0.1) is 0 Å². The zero-order valence-corrected chi connectivity index (χ0v) is 17.2. The van der Waals surface area contributed by atoms with E-state index in [1.807, 2.05) is 24.3 Å². The minimum absolute atomic E-state index is 0.0600. The topological polar surface area (TPSA) is 104 Å². The van der Waals surface area contributed by atoms with E-state index in [1.165, 1.54) is 4.90 Å². The molecule has 1 aromatic rings. The van der Waals surface area contributed by atoms with E-state index in [-0.39, 0.29) is 18.1 Å². The van der Waals surface area contributed by atoms with Gasteiger partial charge < -0.3 is 10.2 Å². The lowest BCUT2D eigenvalue weighted by Crippen LogP contribution is -2.49. The molecule has 4 rings (SSSR count). The summed E-state index contributed by atoms with van der Waals surface area (Å²) in [4.78, 5) is 41.3. The van der Waals surface area contributed by atoms with Crippen LogP contribution < -0.4 is 5.32 Å². The lowest BCUT2D eigenvalue weighted by Gasteiger charge is -2.33. The highest BCUT2D eigenvalue weighted by atomic mass is 32.2. The number of nitrogens with zero attached hydrogens (tertiary/aromatic N) is 2. The van der Waals surface area contributed by atoms with Gasteiger partial charge in [-0.3, -0.25) is 14.5 Å². The molecule has 9 heteroatoms. The van der Waals surface area contributed by atoms with Crippen molar-refractivity contribution in [2.24, 2.45) is 0 Å². The molecule has 156 valence electrons. The molecule has 3 aliphatic rings. The highest BCUT2D eigenvalue weighted by Gasteiger charge is 2.54. The van der Waals surface area contributed by atoms with E-state index in [9.17, 15) is 22.8 Å². The van der Waals surface area contributed by atoms with Crippen molar-refractivity contribution in [1.29, 1.82) is 0 Å². The SMILES string of the molecule is CCN(C(=O)CN1C(=O)N[C@@]2(CCCc3ccccc32)C1=O)[C@H]1CCS(=O)(=O)C1. The number of imide groups is 1. The number of fused-ring (bicyclic) bond motifs is 2. The molecule has 1 N–H and O–H groups in total. The van der Waals surface area contributed by atoms with Gasteiger partial charge in [-0.15, -0.1) is 0 Å². The zero-order chi connectivity index (χ0) is 20.8. The Labute approximate surface area is 170 Å². The van der Waals surface area contributed by atoms with Crippen LogP contribution in [0.25, 0.3) is 0 Å². The number of carbonyl (C=O) groups is 3. The van der Waals surface area contributed by atoms with Gasteiger partial charge in [0.05, 0.1) is 11.5 Å². The summed E-state index contributed by atoms with van der Waals surface area (Å²) in [7, 11) is -3.14. The number of sulfone groups is 1. The summed E-state index contributed by atoms with van der Waals surface area (Å²) in [5.41, 5.74) is 0.723. The maximum absolute atomic E-state index is 13.3. The smallest absolute Gasteiger partial charge is 0.325 e. The van der Waals surface area contributed by atoms with Gasteiger partial charge in [-0.1, -0.05) is 24.3 Å². The predicted octanol–water partition coefficient (Wildman–Crippen LogP) is 0.806. The number of carbonyl (C=O) groups excluding carboxylic acids is 3. The summed E-state index contributed by atoms with van der Waals surface area (Å²) in [5.74, 6) is -0.813. The zero-order valence-electron chi connectivity index (χ0n) is 16.4. The Morgan fingerprint density at radius 3 is 2.76 bits per heavy atom. The second-order valence-electron chi connectivity index (χ2n) is 7.97. The number of hydrogen-bond donors (Lipinski definition) is 1. The van der Waals surface area contributed by atoms with Crippen molar-refractivity contribution < 1.29 is 22.8 Å². The highest BCUT2D eigenvalue weighted by Crippen LogP contribution is 2.39. The first-order valence-electron chi connectivity index (χ1n) is 10.00. The van der Waals surface area contributed by atoms with Crippen LogP contribution >= 0.6 is 0 Å². The Balaban J connectivity index is 1.55. The third-order valence-corrected chi connectivity index (χ3v) is 8.00. The third kappa shape index (κ3) is 3.31. The minimum atomic E-state index is -3.14. The molecule has 29 heavy (non-hydrogen) atoms. The predicted molar refractivity (Wildman–Crippen MR) is 106 cm³/mol. The van der Waals surface area contributed by atoms with Crippen molar-refractivity contribution in [1.82, 2.24) is 15.1 Å². The molecule has 2 fully saturated rings. The molecule has 0 unspecified atom stereocenters. The van der Waals surface area contributed by atoms with Crippen molar-refractivity contribution in [3.63, 3.8) is 0 Å². The number of hydrogen-bond acceptors (Lipinski definition) is 5. The maximum Gasteiger partial charge on any atom is 0.325 e. The molecule has 2 atom stereocenters. The van der Waals surface area contributed by atoms with Gasteiger partial charge in [0, 0.05) is 12.6 Å². The molecule has 8 nitrogen and oxygen atoms in total. The monoisotopic (exact) mass is 419 g/mol. The second kappa shape index (κ2) is 7.12. The number of benzene rings is 1. The normalized spacial score (nSPS) is 27.8. The quantitative estimate of drug-likeness (QED) is 0.728. The maximum atomic E-state index is 13.3. The first kappa shape index (κ1) is 19.9. The Hall–Kier alpha value is -2.42. The first-order chi connectivity index (χ1) is 13.8. The molecule has 0 saturated carbocycles.